The van der Waals surface area contributed by atoms with E-state index in [4.69, 9.17) is 5.11 Å². The molecule has 7 nitrogen and oxygen atoms in total. The number of carboxylic acid groups (broad SMARTS) is 1. The van der Waals surface area contributed by atoms with Gasteiger partial charge >= 0.3 is 5.97 Å². The predicted octanol–water partition coefficient (Wildman–Crippen LogP) is 2.74. The lowest BCUT2D eigenvalue weighted by Crippen LogP contribution is -2.12. The van der Waals surface area contributed by atoms with Gasteiger partial charge in [0.15, 0.2) is 0 Å². The Morgan fingerprint density at radius 2 is 2.05 bits per heavy atom. The number of rotatable bonds is 8. The Hall–Kier alpha value is -2.44. The van der Waals surface area contributed by atoms with E-state index in [2.05, 4.69) is 5.32 Å². The second-order valence-electron chi connectivity index (χ2n) is 4.64. The van der Waals surface area contributed by atoms with Gasteiger partial charge in [0.25, 0.3) is 5.69 Å². The smallest absolute Gasteiger partial charge is 0.303 e. The molecule has 0 aliphatic heterocycles. The monoisotopic (exact) mass is 294 g/mol. The molecular weight excluding hydrogens is 276 g/mol. The number of carbonyl (C=O) groups is 2. The van der Waals surface area contributed by atoms with E-state index in [0.29, 0.717) is 36.9 Å². The molecule has 0 aromatic heterocycles. The molecule has 1 rings (SSSR count). The van der Waals surface area contributed by atoms with Gasteiger partial charge in [0.2, 0.25) is 5.91 Å². The van der Waals surface area contributed by atoms with Gasteiger partial charge in [0.1, 0.15) is 0 Å². The van der Waals surface area contributed by atoms with Crippen LogP contribution in [-0.4, -0.2) is 21.9 Å². The highest BCUT2D eigenvalue weighted by atomic mass is 16.6. The highest BCUT2D eigenvalue weighted by molar-refractivity contribution is 5.91. The molecule has 0 heterocycles. The average Bonchev–Trinajstić information content (AvgIpc) is 2.40. The lowest BCUT2D eigenvalue weighted by Gasteiger charge is -2.10. The SMILES string of the molecule is CCCC(=O)Nc1cc([N+](=O)[O-])ccc1CCCC(=O)O. The zero-order chi connectivity index (χ0) is 15.8. The topological polar surface area (TPSA) is 110 Å². The number of amides is 1. The van der Waals surface area contributed by atoms with Crippen molar-refractivity contribution in [3.63, 3.8) is 0 Å². The molecule has 0 saturated carbocycles. The van der Waals surface area contributed by atoms with E-state index in [1.165, 1.54) is 12.1 Å². The zero-order valence-corrected chi connectivity index (χ0v) is 11.8. The van der Waals surface area contributed by atoms with Gasteiger partial charge in [0, 0.05) is 25.0 Å². The van der Waals surface area contributed by atoms with E-state index in [1.54, 1.807) is 6.07 Å². The van der Waals surface area contributed by atoms with Gasteiger partial charge in [-0.05, 0) is 24.8 Å². The Bertz CT molecular complexity index is 542. The van der Waals surface area contributed by atoms with Crippen molar-refractivity contribution >= 4 is 23.3 Å². The van der Waals surface area contributed by atoms with Gasteiger partial charge in [-0.1, -0.05) is 13.0 Å². The van der Waals surface area contributed by atoms with Crippen molar-refractivity contribution in [2.24, 2.45) is 0 Å². The first-order valence-electron chi connectivity index (χ1n) is 6.73. The van der Waals surface area contributed by atoms with E-state index in [-0.39, 0.29) is 18.0 Å². The summed E-state index contributed by atoms with van der Waals surface area (Å²) in [6, 6.07) is 4.22. The summed E-state index contributed by atoms with van der Waals surface area (Å²) < 4.78 is 0. The molecule has 0 spiro atoms. The summed E-state index contributed by atoms with van der Waals surface area (Å²) in [6.45, 7) is 1.86. The van der Waals surface area contributed by atoms with Crippen LogP contribution < -0.4 is 5.32 Å². The van der Waals surface area contributed by atoms with Gasteiger partial charge in [-0.3, -0.25) is 19.7 Å². The highest BCUT2D eigenvalue weighted by Crippen LogP contribution is 2.24. The van der Waals surface area contributed by atoms with Crippen LogP contribution in [0.15, 0.2) is 18.2 Å². The molecule has 2 N–H and O–H groups in total. The molecule has 1 aromatic carbocycles. The van der Waals surface area contributed by atoms with Crippen LogP contribution in [-0.2, 0) is 16.0 Å². The summed E-state index contributed by atoms with van der Waals surface area (Å²) in [7, 11) is 0. The number of non-ortho nitro benzene ring substituents is 1. The van der Waals surface area contributed by atoms with Crippen LogP contribution in [0.1, 0.15) is 38.2 Å². The van der Waals surface area contributed by atoms with E-state index in [1.807, 2.05) is 6.92 Å². The van der Waals surface area contributed by atoms with E-state index >= 15 is 0 Å². The lowest BCUT2D eigenvalue weighted by molar-refractivity contribution is -0.384. The molecule has 0 aliphatic rings. The molecule has 114 valence electrons. The third-order valence-electron chi connectivity index (χ3n) is 2.89. The number of carbonyl (C=O) groups excluding carboxylic acids is 1. The van der Waals surface area contributed by atoms with Gasteiger partial charge in [-0.2, -0.15) is 0 Å². The minimum absolute atomic E-state index is 0.0132. The van der Waals surface area contributed by atoms with E-state index in [0.717, 1.165) is 0 Å². The van der Waals surface area contributed by atoms with E-state index in [9.17, 15) is 19.7 Å². The Balaban J connectivity index is 2.91. The number of nitrogens with zero attached hydrogens (tertiary/aromatic N) is 1. The Morgan fingerprint density at radius 1 is 1.33 bits per heavy atom. The Kier molecular flexibility index (Phi) is 6.32. The molecular formula is C14H18N2O5. The zero-order valence-electron chi connectivity index (χ0n) is 11.8. The fourth-order valence-electron chi connectivity index (χ4n) is 1.88. The van der Waals surface area contributed by atoms with Crippen molar-refractivity contribution in [2.75, 3.05) is 5.32 Å². The van der Waals surface area contributed by atoms with Crippen molar-refractivity contribution in [1.82, 2.24) is 0 Å². The number of hydrogen-bond acceptors (Lipinski definition) is 4. The van der Waals surface area contributed by atoms with Gasteiger partial charge in [-0.15, -0.1) is 0 Å². The first kappa shape index (κ1) is 16.6. The maximum atomic E-state index is 11.7. The molecule has 0 atom stereocenters. The molecule has 0 fully saturated rings. The van der Waals surface area contributed by atoms with Crippen molar-refractivity contribution < 1.29 is 19.6 Å². The highest BCUT2D eigenvalue weighted by Gasteiger charge is 2.13. The molecule has 0 unspecified atom stereocenters. The second-order valence-corrected chi connectivity index (χ2v) is 4.64. The van der Waals surface area contributed by atoms with Crippen LogP contribution in [0, 0.1) is 10.1 Å². The number of aliphatic carboxylic acids is 1. The molecule has 1 aromatic rings. The van der Waals surface area contributed by atoms with Crippen molar-refractivity contribution in [1.29, 1.82) is 0 Å². The fraction of sp³-hybridized carbons (Fsp3) is 0.429. The molecule has 7 heteroatoms. The van der Waals surface area contributed by atoms with Gasteiger partial charge in [-0.25, -0.2) is 0 Å². The predicted molar refractivity (Wildman–Crippen MR) is 77.2 cm³/mol. The number of carboxylic acids is 1. The summed E-state index contributed by atoms with van der Waals surface area (Å²) in [5, 5.41) is 22.1. The van der Waals surface area contributed by atoms with Crippen molar-refractivity contribution in [3.8, 4) is 0 Å². The molecule has 0 aliphatic carbocycles. The number of nitrogens with one attached hydrogen (secondary N) is 1. The number of hydrogen-bond donors (Lipinski definition) is 2. The molecule has 0 saturated heterocycles. The number of anilines is 1. The second kappa shape index (κ2) is 7.98. The average molecular weight is 294 g/mol. The van der Waals surface area contributed by atoms with Gasteiger partial charge < -0.3 is 10.4 Å². The fourth-order valence-corrected chi connectivity index (χ4v) is 1.88. The minimum Gasteiger partial charge on any atom is -0.481 e. The standard InChI is InChI=1S/C14H18N2O5/c1-2-4-13(17)15-12-9-11(16(20)21)8-7-10(12)5-3-6-14(18)19/h7-9H,2-6H2,1H3,(H,15,17)(H,18,19). The summed E-state index contributed by atoms with van der Waals surface area (Å²) >= 11 is 0. The summed E-state index contributed by atoms with van der Waals surface area (Å²) in [6.07, 6.45) is 1.86. The van der Waals surface area contributed by atoms with E-state index < -0.39 is 10.9 Å². The number of nitro benzene ring substituents is 1. The van der Waals surface area contributed by atoms with Crippen LogP contribution in [0.4, 0.5) is 11.4 Å². The molecule has 21 heavy (non-hydrogen) atoms. The maximum Gasteiger partial charge on any atom is 0.303 e. The third kappa shape index (κ3) is 5.60. The largest absolute Gasteiger partial charge is 0.481 e. The maximum absolute atomic E-state index is 11.7. The number of aryl methyl sites for hydroxylation is 1. The minimum atomic E-state index is -0.895. The molecule has 1 amide bonds. The quantitative estimate of drug-likeness (QED) is 0.566. The van der Waals surface area contributed by atoms with Crippen LogP contribution in [0.25, 0.3) is 0 Å². The van der Waals surface area contributed by atoms with Crippen LogP contribution in [0.5, 0.6) is 0 Å². The molecule has 0 bridgehead atoms. The Morgan fingerprint density at radius 3 is 2.62 bits per heavy atom. The van der Waals surface area contributed by atoms with Crippen LogP contribution >= 0.6 is 0 Å². The Labute approximate surface area is 122 Å². The third-order valence-corrected chi connectivity index (χ3v) is 2.89. The summed E-state index contributed by atoms with van der Waals surface area (Å²) in [4.78, 5) is 32.4. The van der Waals surface area contributed by atoms with Gasteiger partial charge in [0.05, 0.1) is 10.6 Å². The first-order chi connectivity index (χ1) is 9.93. The number of nitro groups is 1. The number of benzene rings is 1. The normalized spacial score (nSPS) is 10.1. The van der Waals surface area contributed by atoms with Crippen LogP contribution in [0.2, 0.25) is 0 Å². The van der Waals surface area contributed by atoms with Crippen molar-refractivity contribution in [2.45, 2.75) is 39.0 Å². The van der Waals surface area contributed by atoms with Crippen LogP contribution in [0.3, 0.4) is 0 Å². The summed E-state index contributed by atoms with van der Waals surface area (Å²) in [5.41, 5.74) is 0.975. The van der Waals surface area contributed by atoms with Crippen molar-refractivity contribution in [3.05, 3.63) is 33.9 Å². The lowest BCUT2D eigenvalue weighted by atomic mass is 10.0. The first-order valence-corrected chi connectivity index (χ1v) is 6.73. The molecule has 0 radical (unpaired) electrons. The summed E-state index contributed by atoms with van der Waals surface area (Å²) in [5.74, 6) is -1.11.